The number of hydrogen-bond acceptors (Lipinski definition) is 1. The summed E-state index contributed by atoms with van der Waals surface area (Å²) < 4.78 is 0. The lowest BCUT2D eigenvalue weighted by molar-refractivity contribution is -0.127. The summed E-state index contributed by atoms with van der Waals surface area (Å²) in [4.78, 5) is 12.5. The third-order valence-electron chi connectivity index (χ3n) is 4.38. The molecule has 0 aliphatic heterocycles. The van der Waals surface area contributed by atoms with Gasteiger partial charge in [0, 0.05) is 11.8 Å². The zero-order valence-electron chi connectivity index (χ0n) is 12.8. The average molecular weight is 288 g/mol. The molecule has 0 heterocycles. The molecule has 1 aliphatic rings. The molecule has 1 saturated carbocycles. The van der Waals surface area contributed by atoms with Crippen LogP contribution in [0.2, 0.25) is 0 Å². The highest BCUT2D eigenvalue weighted by Crippen LogP contribution is 2.33. The van der Waals surface area contributed by atoms with E-state index in [1.54, 1.807) is 0 Å². The van der Waals surface area contributed by atoms with E-state index in [0.717, 1.165) is 38.5 Å². The number of carbonyl (C=O) groups excluding carboxylic acids is 1. The van der Waals surface area contributed by atoms with Crippen molar-refractivity contribution in [2.24, 2.45) is 11.8 Å². The monoisotopic (exact) mass is 287 g/mol. The molecule has 0 radical (unpaired) electrons. The molecule has 2 atom stereocenters. The van der Waals surface area contributed by atoms with Crippen LogP contribution in [0.3, 0.4) is 0 Å². The first-order valence-corrected chi connectivity index (χ1v) is 8.48. The van der Waals surface area contributed by atoms with E-state index < -0.39 is 0 Å². The molecular formula is C16H30ClNO. The number of rotatable bonds is 7. The van der Waals surface area contributed by atoms with Gasteiger partial charge < -0.3 is 5.32 Å². The summed E-state index contributed by atoms with van der Waals surface area (Å²) in [6.45, 7) is 6.56. The van der Waals surface area contributed by atoms with Crippen molar-refractivity contribution in [3.63, 3.8) is 0 Å². The van der Waals surface area contributed by atoms with E-state index in [-0.39, 0.29) is 17.4 Å². The molecular weight excluding hydrogens is 258 g/mol. The molecule has 0 saturated heterocycles. The first-order chi connectivity index (χ1) is 9.06. The van der Waals surface area contributed by atoms with Gasteiger partial charge in [0.25, 0.3) is 0 Å². The van der Waals surface area contributed by atoms with Crippen LogP contribution in [0.1, 0.15) is 72.1 Å². The lowest BCUT2D eigenvalue weighted by Crippen LogP contribution is -2.54. The zero-order valence-corrected chi connectivity index (χ0v) is 13.6. The Balaban J connectivity index is 2.64. The van der Waals surface area contributed by atoms with Crippen molar-refractivity contribution in [3.05, 3.63) is 0 Å². The van der Waals surface area contributed by atoms with Gasteiger partial charge in [0.1, 0.15) is 0 Å². The quantitative estimate of drug-likeness (QED) is 0.686. The van der Waals surface area contributed by atoms with Crippen LogP contribution in [-0.2, 0) is 4.79 Å². The van der Waals surface area contributed by atoms with E-state index >= 15 is 0 Å². The van der Waals surface area contributed by atoms with Gasteiger partial charge in [-0.05, 0) is 31.6 Å². The second-order valence-electron chi connectivity index (χ2n) is 6.38. The molecule has 19 heavy (non-hydrogen) atoms. The minimum Gasteiger partial charge on any atom is -0.349 e. The van der Waals surface area contributed by atoms with Gasteiger partial charge in [-0.1, -0.05) is 46.5 Å². The SMILES string of the molecule is CCCC(CCC)C(=O)NC1(CCl)CCCC(C)C1. The summed E-state index contributed by atoms with van der Waals surface area (Å²) >= 11 is 6.19. The maximum Gasteiger partial charge on any atom is 0.223 e. The van der Waals surface area contributed by atoms with Crippen LogP contribution in [-0.4, -0.2) is 17.3 Å². The molecule has 1 fully saturated rings. The number of halogens is 1. The zero-order chi connectivity index (χ0) is 14.3. The Hall–Kier alpha value is -0.240. The summed E-state index contributed by atoms with van der Waals surface area (Å²) in [7, 11) is 0. The van der Waals surface area contributed by atoms with Gasteiger partial charge >= 0.3 is 0 Å². The van der Waals surface area contributed by atoms with Crippen molar-refractivity contribution in [1.29, 1.82) is 0 Å². The lowest BCUT2D eigenvalue weighted by Gasteiger charge is -2.40. The van der Waals surface area contributed by atoms with E-state index in [2.05, 4.69) is 26.1 Å². The van der Waals surface area contributed by atoms with Crippen molar-refractivity contribution in [3.8, 4) is 0 Å². The van der Waals surface area contributed by atoms with Gasteiger partial charge in [-0.3, -0.25) is 4.79 Å². The van der Waals surface area contributed by atoms with Crippen molar-refractivity contribution >= 4 is 17.5 Å². The number of alkyl halides is 1. The summed E-state index contributed by atoms with van der Waals surface area (Å²) in [5.41, 5.74) is -0.143. The molecule has 0 aromatic carbocycles. The Labute approximate surface area is 123 Å². The second-order valence-corrected chi connectivity index (χ2v) is 6.65. The topological polar surface area (TPSA) is 29.1 Å². The lowest BCUT2D eigenvalue weighted by atomic mass is 9.77. The molecule has 0 spiro atoms. The second kappa shape index (κ2) is 8.14. The van der Waals surface area contributed by atoms with Gasteiger partial charge in [0.05, 0.1) is 5.54 Å². The molecule has 3 heteroatoms. The summed E-state index contributed by atoms with van der Waals surface area (Å²) in [6.07, 6.45) is 8.65. The standard InChI is InChI=1S/C16H30ClNO/c1-4-7-14(8-5-2)15(19)18-16(12-17)10-6-9-13(3)11-16/h13-14H,4-12H2,1-3H3,(H,18,19). The molecule has 0 bridgehead atoms. The molecule has 0 aromatic rings. The highest BCUT2D eigenvalue weighted by molar-refractivity contribution is 6.18. The van der Waals surface area contributed by atoms with Gasteiger partial charge in [0.15, 0.2) is 0 Å². The van der Waals surface area contributed by atoms with E-state index in [1.165, 1.54) is 12.8 Å². The highest BCUT2D eigenvalue weighted by atomic mass is 35.5. The summed E-state index contributed by atoms with van der Waals surface area (Å²) in [5, 5.41) is 3.31. The first kappa shape index (κ1) is 16.8. The van der Waals surface area contributed by atoms with Crippen LogP contribution in [0, 0.1) is 11.8 Å². The molecule has 0 aromatic heterocycles. The van der Waals surface area contributed by atoms with E-state index in [9.17, 15) is 4.79 Å². The van der Waals surface area contributed by atoms with E-state index in [4.69, 9.17) is 11.6 Å². The molecule has 1 N–H and O–H groups in total. The number of amides is 1. The summed E-state index contributed by atoms with van der Waals surface area (Å²) in [6, 6.07) is 0. The largest absolute Gasteiger partial charge is 0.349 e. The first-order valence-electron chi connectivity index (χ1n) is 7.95. The molecule has 1 rings (SSSR count). The fourth-order valence-electron chi connectivity index (χ4n) is 3.40. The maximum atomic E-state index is 12.5. The van der Waals surface area contributed by atoms with Gasteiger partial charge in [-0.25, -0.2) is 0 Å². The van der Waals surface area contributed by atoms with Crippen molar-refractivity contribution in [2.75, 3.05) is 5.88 Å². The number of carbonyl (C=O) groups is 1. The molecule has 1 aliphatic carbocycles. The minimum absolute atomic E-state index is 0.143. The Bertz CT molecular complexity index is 276. The van der Waals surface area contributed by atoms with Crippen molar-refractivity contribution in [1.82, 2.24) is 5.32 Å². The van der Waals surface area contributed by atoms with Crippen LogP contribution in [0.25, 0.3) is 0 Å². The third-order valence-corrected chi connectivity index (χ3v) is 4.89. The maximum absolute atomic E-state index is 12.5. The van der Waals surface area contributed by atoms with Crippen LogP contribution in [0.5, 0.6) is 0 Å². The van der Waals surface area contributed by atoms with Crippen molar-refractivity contribution < 1.29 is 4.79 Å². The fourth-order valence-corrected chi connectivity index (χ4v) is 3.70. The number of nitrogens with one attached hydrogen (secondary N) is 1. The van der Waals surface area contributed by atoms with Crippen LogP contribution >= 0.6 is 11.6 Å². The van der Waals surface area contributed by atoms with E-state index in [0.29, 0.717) is 11.8 Å². The number of hydrogen-bond donors (Lipinski definition) is 1. The summed E-state index contributed by atoms with van der Waals surface area (Å²) in [5.74, 6) is 1.63. The van der Waals surface area contributed by atoms with Crippen LogP contribution in [0.15, 0.2) is 0 Å². The Morgan fingerprint density at radius 3 is 2.47 bits per heavy atom. The normalized spacial score (nSPS) is 27.5. The molecule has 112 valence electrons. The minimum atomic E-state index is -0.143. The Kier molecular flexibility index (Phi) is 7.20. The molecule has 2 unspecified atom stereocenters. The fraction of sp³-hybridized carbons (Fsp3) is 0.938. The van der Waals surface area contributed by atoms with Crippen molar-refractivity contribution in [2.45, 2.75) is 77.7 Å². The van der Waals surface area contributed by atoms with Crippen LogP contribution < -0.4 is 5.32 Å². The van der Waals surface area contributed by atoms with Crippen LogP contribution in [0.4, 0.5) is 0 Å². The molecule has 2 nitrogen and oxygen atoms in total. The van der Waals surface area contributed by atoms with E-state index in [1.807, 2.05) is 0 Å². The van der Waals surface area contributed by atoms with Gasteiger partial charge in [-0.2, -0.15) is 0 Å². The smallest absolute Gasteiger partial charge is 0.223 e. The van der Waals surface area contributed by atoms with Gasteiger partial charge in [-0.15, -0.1) is 11.6 Å². The third kappa shape index (κ3) is 4.98. The Morgan fingerprint density at radius 2 is 2.00 bits per heavy atom. The predicted molar refractivity (Wildman–Crippen MR) is 82.5 cm³/mol. The van der Waals surface area contributed by atoms with Gasteiger partial charge in [0.2, 0.25) is 5.91 Å². The average Bonchev–Trinajstić information content (AvgIpc) is 2.38. The predicted octanol–water partition coefficient (Wildman–Crippen LogP) is 4.51. The molecule has 1 amide bonds. The highest BCUT2D eigenvalue weighted by Gasteiger charge is 2.36. The Morgan fingerprint density at radius 1 is 1.37 bits per heavy atom.